The molecule has 3 atom stereocenters. The molecule has 0 heterocycles. The fraction of sp³-hybridized carbons (Fsp3) is 1.00. The minimum atomic E-state index is -2.89. The van der Waals surface area contributed by atoms with Gasteiger partial charge in [-0.3, -0.25) is 0 Å². The molecule has 2 N–H and O–H groups in total. The van der Waals surface area contributed by atoms with Gasteiger partial charge < -0.3 is 5.73 Å². The van der Waals surface area contributed by atoms with Gasteiger partial charge in [0, 0.05) is 12.3 Å². The summed E-state index contributed by atoms with van der Waals surface area (Å²) in [5, 5.41) is -0.207. The van der Waals surface area contributed by atoms with Crippen molar-refractivity contribution in [2.45, 2.75) is 37.5 Å². The summed E-state index contributed by atoms with van der Waals surface area (Å²) >= 11 is 0. The molecule has 72 valence electrons. The van der Waals surface area contributed by atoms with Crippen molar-refractivity contribution in [1.82, 2.24) is 0 Å². The van der Waals surface area contributed by atoms with E-state index in [1.807, 2.05) is 6.92 Å². The molecule has 1 fully saturated rings. The lowest BCUT2D eigenvalue weighted by atomic mass is 9.87. The Hall–Kier alpha value is -0.0900. The van der Waals surface area contributed by atoms with Gasteiger partial charge in [0.25, 0.3) is 0 Å². The molecule has 3 nitrogen and oxygen atoms in total. The summed E-state index contributed by atoms with van der Waals surface area (Å²) < 4.78 is 22.6. The molecular formula is C8H17NO2S. The summed E-state index contributed by atoms with van der Waals surface area (Å²) in [6.07, 6.45) is 3.86. The topological polar surface area (TPSA) is 60.2 Å². The maximum absolute atomic E-state index is 11.3. The van der Waals surface area contributed by atoms with Gasteiger partial charge in [-0.1, -0.05) is 6.92 Å². The Morgan fingerprint density at radius 3 is 2.33 bits per heavy atom. The summed E-state index contributed by atoms with van der Waals surface area (Å²) in [6.45, 7) is 2.00. The van der Waals surface area contributed by atoms with Crippen LogP contribution in [0.5, 0.6) is 0 Å². The van der Waals surface area contributed by atoms with E-state index in [2.05, 4.69) is 0 Å². The molecule has 1 aliphatic rings. The van der Waals surface area contributed by atoms with Crippen LogP contribution in [0.25, 0.3) is 0 Å². The van der Waals surface area contributed by atoms with Gasteiger partial charge in [-0.2, -0.15) is 0 Å². The Kier molecular flexibility index (Phi) is 2.78. The lowest BCUT2D eigenvalue weighted by Crippen LogP contribution is -2.39. The summed E-state index contributed by atoms with van der Waals surface area (Å²) in [5.41, 5.74) is 5.72. The van der Waals surface area contributed by atoms with Gasteiger partial charge in [0.15, 0.2) is 9.84 Å². The highest BCUT2D eigenvalue weighted by atomic mass is 32.2. The number of sulfone groups is 1. The van der Waals surface area contributed by atoms with Crippen LogP contribution >= 0.6 is 0 Å². The average molecular weight is 191 g/mol. The molecule has 0 bridgehead atoms. The van der Waals surface area contributed by atoms with Gasteiger partial charge in [-0.05, 0) is 25.2 Å². The smallest absolute Gasteiger partial charge is 0.150 e. The summed E-state index contributed by atoms with van der Waals surface area (Å²) in [4.78, 5) is 0. The molecule has 3 unspecified atom stereocenters. The van der Waals surface area contributed by atoms with Gasteiger partial charge in [0.05, 0.1) is 5.25 Å². The predicted molar refractivity (Wildman–Crippen MR) is 49.6 cm³/mol. The minimum Gasteiger partial charge on any atom is -0.328 e. The molecule has 12 heavy (non-hydrogen) atoms. The Labute approximate surface area is 74.3 Å². The highest BCUT2D eigenvalue weighted by Crippen LogP contribution is 2.27. The zero-order valence-electron chi connectivity index (χ0n) is 7.66. The van der Waals surface area contributed by atoms with Gasteiger partial charge in [0.2, 0.25) is 0 Å². The van der Waals surface area contributed by atoms with Crippen LogP contribution in [0.1, 0.15) is 26.2 Å². The van der Waals surface area contributed by atoms with Crippen molar-refractivity contribution in [2.75, 3.05) is 6.26 Å². The standard InChI is InChI=1S/C8H17NO2S/c1-6-3-4-7(9)5-8(6)12(2,10)11/h6-8H,3-5,9H2,1-2H3. The van der Waals surface area contributed by atoms with Crippen molar-refractivity contribution < 1.29 is 8.42 Å². The van der Waals surface area contributed by atoms with Crippen molar-refractivity contribution in [1.29, 1.82) is 0 Å². The SMILES string of the molecule is CC1CCC(N)CC1S(C)(=O)=O. The molecule has 1 rings (SSSR count). The van der Waals surface area contributed by atoms with E-state index in [1.54, 1.807) is 0 Å². The Bertz CT molecular complexity index is 248. The first-order chi connectivity index (χ1) is 5.41. The fourth-order valence-electron chi connectivity index (χ4n) is 1.91. The fourth-order valence-corrected chi connectivity index (χ4v) is 3.49. The Balaban J connectivity index is 2.74. The van der Waals surface area contributed by atoms with Gasteiger partial charge >= 0.3 is 0 Å². The van der Waals surface area contributed by atoms with E-state index in [0.29, 0.717) is 6.42 Å². The second-order valence-electron chi connectivity index (χ2n) is 3.92. The van der Waals surface area contributed by atoms with Crippen LogP contribution in [0.4, 0.5) is 0 Å². The molecule has 0 spiro atoms. The van der Waals surface area contributed by atoms with E-state index >= 15 is 0 Å². The monoisotopic (exact) mass is 191 g/mol. The van der Waals surface area contributed by atoms with Crippen molar-refractivity contribution in [3.05, 3.63) is 0 Å². The van der Waals surface area contributed by atoms with Gasteiger partial charge in [-0.15, -0.1) is 0 Å². The van der Waals surface area contributed by atoms with Crippen LogP contribution in [-0.2, 0) is 9.84 Å². The number of hydrogen-bond acceptors (Lipinski definition) is 3. The van der Waals surface area contributed by atoms with Crippen molar-refractivity contribution >= 4 is 9.84 Å². The number of rotatable bonds is 1. The maximum atomic E-state index is 11.3. The second kappa shape index (κ2) is 3.34. The van der Waals surface area contributed by atoms with Crippen molar-refractivity contribution in [2.24, 2.45) is 11.7 Å². The summed E-state index contributed by atoms with van der Waals surface area (Å²) in [6, 6.07) is 0.0842. The summed E-state index contributed by atoms with van der Waals surface area (Å²) in [5.74, 6) is 0.278. The first-order valence-electron chi connectivity index (χ1n) is 4.35. The van der Waals surface area contributed by atoms with Crippen LogP contribution in [0.15, 0.2) is 0 Å². The largest absolute Gasteiger partial charge is 0.328 e. The molecule has 1 aliphatic carbocycles. The molecule has 0 aromatic rings. The van der Waals surface area contributed by atoms with Crippen LogP contribution in [-0.4, -0.2) is 26.0 Å². The van der Waals surface area contributed by atoms with Crippen LogP contribution in [0.3, 0.4) is 0 Å². The Morgan fingerprint density at radius 1 is 1.33 bits per heavy atom. The van der Waals surface area contributed by atoms with Gasteiger partial charge in [0.1, 0.15) is 0 Å². The lowest BCUT2D eigenvalue weighted by molar-refractivity contribution is 0.347. The van der Waals surface area contributed by atoms with Crippen molar-refractivity contribution in [3.63, 3.8) is 0 Å². The highest BCUT2D eigenvalue weighted by Gasteiger charge is 2.32. The average Bonchev–Trinajstić information content (AvgIpc) is 1.92. The van der Waals surface area contributed by atoms with E-state index in [1.165, 1.54) is 6.26 Å². The van der Waals surface area contributed by atoms with E-state index in [0.717, 1.165) is 12.8 Å². The molecule has 0 saturated heterocycles. The molecule has 4 heteroatoms. The lowest BCUT2D eigenvalue weighted by Gasteiger charge is -2.30. The molecule has 0 aromatic heterocycles. The normalized spacial score (nSPS) is 38.1. The molecule has 0 amide bonds. The van der Waals surface area contributed by atoms with E-state index in [4.69, 9.17) is 5.73 Å². The molecule has 0 aliphatic heterocycles. The van der Waals surface area contributed by atoms with E-state index in [9.17, 15) is 8.42 Å². The molecule has 0 radical (unpaired) electrons. The third kappa shape index (κ3) is 2.20. The zero-order chi connectivity index (χ0) is 9.35. The highest BCUT2D eigenvalue weighted by molar-refractivity contribution is 7.91. The van der Waals surface area contributed by atoms with Crippen LogP contribution in [0.2, 0.25) is 0 Å². The molecule has 1 saturated carbocycles. The predicted octanol–water partition coefficient (Wildman–Crippen LogP) is 0.547. The first-order valence-corrected chi connectivity index (χ1v) is 6.31. The number of hydrogen-bond donors (Lipinski definition) is 1. The van der Waals surface area contributed by atoms with Crippen molar-refractivity contribution in [3.8, 4) is 0 Å². The summed E-state index contributed by atoms with van der Waals surface area (Å²) in [7, 11) is -2.89. The zero-order valence-corrected chi connectivity index (χ0v) is 8.47. The van der Waals surface area contributed by atoms with Crippen LogP contribution < -0.4 is 5.73 Å². The van der Waals surface area contributed by atoms with E-state index in [-0.39, 0.29) is 17.2 Å². The minimum absolute atomic E-state index is 0.0842. The molecule has 0 aromatic carbocycles. The molecular weight excluding hydrogens is 174 g/mol. The number of nitrogens with two attached hydrogens (primary N) is 1. The Morgan fingerprint density at radius 2 is 1.92 bits per heavy atom. The third-order valence-corrected chi connectivity index (χ3v) is 4.47. The van der Waals surface area contributed by atoms with Crippen LogP contribution in [0, 0.1) is 5.92 Å². The first kappa shape index (κ1) is 9.99. The van der Waals surface area contributed by atoms with Gasteiger partial charge in [-0.25, -0.2) is 8.42 Å². The van der Waals surface area contributed by atoms with E-state index < -0.39 is 9.84 Å². The second-order valence-corrected chi connectivity index (χ2v) is 6.18. The maximum Gasteiger partial charge on any atom is 0.150 e. The third-order valence-electron chi connectivity index (χ3n) is 2.71. The quantitative estimate of drug-likeness (QED) is 0.658.